The van der Waals surface area contributed by atoms with Crippen molar-refractivity contribution >= 4 is 24.0 Å². The number of hydrogen-bond acceptors (Lipinski definition) is 4. The number of nitrogens with one attached hydrogen (secondary N) is 1. The lowest BCUT2D eigenvalue weighted by atomic mass is 9.85. The van der Waals surface area contributed by atoms with Crippen molar-refractivity contribution in [3.63, 3.8) is 0 Å². The van der Waals surface area contributed by atoms with Gasteiger partial charge in [-0.05, 0) is 25.0 Å². The molecule has 3 N–H and O–H groups in total. The summed E-state index contributed by atoms with van der Waals surface area (Å²) in [7, 11) is 1.63. The number of rotatable bonds is 7. The maximum atomic E-state index is 12.5. The Morgan fingerprint density at radius 3 is 2.68 bits per heavy atom. The van der Waals surface area contributed by atoms with Crippen LogP contribution in [0.25, 0.3) is 0 Å². The third kappa shape index (κ3) is 4.60. The van der Waals surface area contributed by atoms with Gasteiger partial charge in [0.2, 0.25) is 5.91 Å². The van der Waals surface area contributed by atoms with Crippen molar-refractivity contribution in [3.8, 4) is 5.75 Å². The molecule has 124 valence electrons. The minimum absolute atomic E-state index is 0. The second-order valence-electron chi connectivity index (χ2n) is 5.51. The molecule has 1 amide bonds. The zero-order valence-electron chi connectivity index (χ0n) is 13.0. The Balaban J connectivity index is 0.00000242. The van der Waals surface area contributed by atoms with E-state index in [1.807, 2.05) is 24.3 Å². The minimum Gasteiger partial charge on any atom is -0.491 e. The van der Waals surface area contributed by atoms with Crippen molar-refractivity contribution in [1.82, 2.24) is 0 Å². The zero-order chi connectivity index (χ0) is 15.1. The van der Waals surface area contributed by atoms with E-state index in [0.717, 1.165) is 37.1 Å². The maximum Gasteiger partial charge on any atom is 0.231 e. The number of amides is 1. The first kappa shape index (κ1) is 18.7. The minimum atomic E-state index is -0.396. The Hall–Kier alpha value is -1.30. The van der Waals surface area contributed by atoms with Crippen molar-refractivity contribution in [2.75, 3.05) is 32.2 Å². The summed E-state index contributed by atoms with van der Waals surface area (Å²) in [5, 5.41) is 2.98. The molecule has 0 unspecified atom stereocenters. The maximum absolute atomic E-state index is 12.5. The third-order valence-corrected chi connectivity index (χ3v) is 4.08. The number of ether oxygens (including phenoxy) is 2. The van der Waals surface area contributed by atoms with Crippen LogP contribution in [0.4, 0.5) is 5.69 Å². The van der Waals surface area contributed by atoms with E-state index < -0.39 is 5.41 Å². The number of halogens is 1. The molecule has 6 heteroatoms. The zero-order valence-corrected chi connectivity index (χ0v) is 13.8. The first-order chi connectivity index (χ1) is 10.2. The van der Waals surface area contributed by atoms with Crippen LogP contribution in [0.5, 0.6) is 5.75 Å². The van der Waals surface area contributed by atoms with Crippen molar-refractivity contribution in [1.29, 1.82) is 0 Å². The van der Waals surface area contributed by atoms with Crippen LogP contribution in [0.1, 0.15) is 25.7 Å². The Morgan fingerprint density at radius 2 is 2.05 bits per heavy atom. The summed E-state index contributed by atoms with van der Waals surface area (Å²) in [6.07, 6.45) is 3.90. The van der Waals surface area contributed by atoms with E-state index in [1.54, 1.807) is 7.11 Å². The Bertz CT molecular complexity index is 476. The van der Waals surface area contributed by atoms with Crippen LogP contribution in [0, 0.1) is 5.41 Å². The lowest BCUT2D eigenvalue weighted by Gasteiger charge is -2.25. The van der Waals surface area contributed by atoms with E-state index in [1.165, 1.54) is 0 Å². The molecule has 0 aliphatic heterocycles. The lowest BCUT2D eigenvalue weighted by molar-refractivity contribution is -0.124. The summed E-state index contributed by atoms with van der Waals surface area (Å²) in [6.45, 7) is 1.43. The molecule has 0 saturated heterocycles. The van der Waals surface area contributed by atoms with Gasteiger partial charge >= 0.3 is 0 Å². The van der Waals surface area contributed by atoms with E-state index >= 15 is 0 Å². The fourth-order valence-electron chi connectivity index (χ4n) is 2.75. The number of anilines is 1. The lowest BCUT2D eigenvalue weighted by Crippen LogP contribution is -2.40. The third-order valence-electron chi connectivity index (χ3n) is 4.08. The standard InChI is InChI=1S/C16H24N2O3.ClH/c1-20-9-10-21-14-6-4-5-13(11-14)18-15(19)16(12-17)7-2-3-8-16;/h4-6,11H,2-3,7-10,12,17H2,1H3,(H,18,19);1H. The van der Waals surface area contributed by atoms with Crippen LogP contribution < -0.4 is 15.8 Å². The molecule has 1 aliphatic rings. The monoisotopic (exact) mass is 328 g/mol. The number of nitrogens with two attached hydrogens (primary N) is 1. The molecule has 22 heavy (non-hydrogen) atoms. The molecule has 0 heterocycles. The van der Waals surface area contributed by atoms with Gasteiger partial charge in [-0.3, -0.25) is 4.79 Å². The summed E-state index contributed by atoms with van der Waals surface area (Å²) in [4.78, 5) is 12.5. The highest BCUT2D eigenvalue weighted by Crippen LogP contribution is 2.38. The molecule has 0 radical (unpaired) electrons. The van der Waals surface area contributed by atoms with Crippen molar-refractivity contribution in [2.24, 2.45) is 11.1 Å². The molecule has 1 aliphatic carbocycles. The fraction of sp³-hybridized carbons (Fsp3) is 0.562. The van der Waals surface area contributed by atoms with Gasteiger partial charge in [-0.1, -0.05) is 18.9 Å². The topological polar surface area (TPSA) is 73.6 Å². The van der Waals surface area contributed by atoms with Gasteiger partial charge in [-0.2, -0.15) is 0 Å². The number of carbonyl (C=O) groups excluding carboxylic acids is 1. The highest BCUT2D eigenvalue weighted by Gasteiger charge is 2.39. The fourth-order valence-corrected chi connectivity index (χ4v) is 2.75. The van der Waals surface area contributed by atoms with Crippen molar-refractivity contribution < 1.29 is 14.3 Å². The van der Waals surface area contributed by atoms with Crippen LogP contribution in [-0.2, 0) is 9.53 Å². The average molecular weight is 329 g/mol. The smallest absolute Gasteiger partial charge is 0.231 e. The first-order valence-corrected chi connectivity index (χ1v) is 7.43. The van der Waals surface area contributed by atoms with E-state index in [2.05, 4.69) is 5.32 Å². The van der Waals surface area contributed by atoms with E-state index in [9.17, 15) is 4.79 Å². The van der Waals surface area contributed by atoms with Crippen LogP contribution in [0.2, 0.25) is 0 Å². The summed E-state index contributed by atoms with van der Waals surface area (Å²) in [6, 6.07) is 7.41. The molecule has 1 saturated carbocycles. The molecule has 1 aromatic carbocycles. The largest absolute Gasteiger partial charge is 0.491 e. The van der Waals surface area contributed by atoms with Gasteiger partial charge < -0.3 is 20.5 Å². The van der Waals surface area contributed by atoms with Crippen LogP contribution >= 0.6 is 12.4 Å². The number of benzene rings is 1. The van der Waals surface area contributed by atoms with E-state index in [-0.39, 0.29) is 18.3 Å². The predicted molar refractivity (Wildman–Crippen MR) is 89.6 cm³/mol. The molecular formula is C16H25ClN2O3. The quantitative estimate of drug-likeness (QED) is 0.754. The average Bonchev–Trinajstić information content (AvgIpc) is 2.98. The van der Waals surface area contributed by atoms with E-state index in [0.29, 0.717) is 19.8 Å². The molecule has 0 bridgehead atoms. The Morgan fingerprint density at radius 1 is 1.32 bits per heavy atom. The number of methoxy groups -OCH3 is 1. The van der Waals surface area contributed by atoms with Gasteiger partial charge in [0.25, 0.3) is 0 Å². The molecule has 5 nitrogen and oxygen atoms in total. The number of carbonyl (C=O) groups is 1. The SMILES string of the molecule is COCCOc1cccc(NC(=O)C2(CN)CCCC2)c1.Cl. The summed E-state index contributed by atoms with van der Waals surface area (Å²) >= 11 is 0. The van der Waals surface area contributed by atoms with Gasteiger partial charge in [0.1, 0.15) is 12.4 Å². The second-order valence-corrected chi connectivity index (χ2v) is 5.51. The van der Waals surface area contributed by atoms with Crippen molar-refractivity contribution in [2.45, 2.75) is 25.7 Å². The summed E-state index contributed by atoms with van der Waals surface area (Å²) < 4.78 is 10.5. The Kier molecular flexibility index (Phi) is 7.65. The first-order valence-electron chi connectivity index (χ1n) is 7.43. The molecule has 1 fully saturated rings. The van der Waals surface area contributed by atoms with Crippen LogP contribution in [0.3, 0.4) is 0 Å². The molecule has 0 atom stereocenters. The van der Waals surface area contributed by atoms with Gasteiger partial charge in [-0.15, -0.1) is 12.4 Å². The van der Waals surface area contributed by atoms with Gasteiger partial charge in [-0.25, -0.2) is 0 Å². The van der Waals surface area contributed by atoms with Gasteiger partial charge in [0, 0.05) is 25.4 Å². The predicted octanol–water partition coefficient (Wildman–Crippen LogP) is 2.59. The summed E-state index contributed by atoms with van der Waals surface area (Å²) in [5.74, 6) is 0.745. The van der Waals surface area contributed by atoms with Gasteiger partial charge in [0.15, 0.2) is 0 Å². The number of hydrogen-bond donors (Lipinski definition) is 2. The highest BCUT2D eigenvalue weighted by molar-refractivity contribution is 5.95. The van der Waals surface area contributed by atoms with Crippen LogP contribution in [-0.4, -0.2) is 32.8 Å². The van der Waals surface area contributed by atoms with Gasteiger partial charge in [0.05, 0.1) is 12.0 Å². The summed E-state index contributed by atoms with van der Waals surface area (Å²) in [5.41, 5.74) is 6.18. The molecule has 0 aromatic heterocycles. The second kappa shape index (κ2) is 8.98. The van der Waals surface area contributed by atoms with Crippen molar-refractivity contribution in [3.05, 3.63) is 24.3 Å². The van der Waals surface area contributed by atoms with E-state index in [4.69, 9.17) is 15.2 Å². The highest BCUT2D eigenvalue weighted by atomic mass is 35.5. The Labute approximate surface area is 138 Å². The molecule has 2 rings (SSSR count). The normalized spacial score (nSPS) is 15.9. The molecule has 0 spiro atoms. The van der Waals surface area contributed by atoms with Crippen LogP contribution in [0.15, 0.2) is 24.3 Å². The molecular weight excluding hydrogens is 304 g/mol. The molecule has 1 aromatic rings.